The van der Waals surface area contributed by atoms with Gasteiger partial charge in [-0.1, -0.05) is 18.2 Å². The van der Waals surface area contributed by atoms with Crippen LogP contribution in [0.25, 0.3) is 0 Å². The van der Waals surface area contributed by atoms with Crippen LogP contribution >= 0.6 is 0 Å². The van der Waals surface area contributed by atoms with E-state index < -0.39 is 15.9 Å². The molecule has 2 aromatic carbocycles. The van der Waals surface area contributed by atoms with Gasteiger partial charge in [-0.15, -0.1) is 0 Å². The van der Waals surface area contributed by atoms with Gasteiger partial charge in [0.25, 0.3) is 15.9 Å². The molecule has 23 heavy (non-hydrogen) atoms. The molecule has 0 aliphatic carbocycles. The number of hydrogen-bond acceptors (Lipinski definition) is 4. The Labute approximate surface area is 135 Å². The highest BCUT2D eigenvalue weighted by Gasteiger charge is 2.21. The zero-order chi connectivity index (χ0) is 16.9. The van der Waals surface area contributed by atoms with Crippen LogP contribution in [0.4, 0.5) is 5.69 Å². The van der Waals surface area contributed by atoms with Crippen LogP contribution in [0.3, 0.4) is 0 Å². The van der Waals surface area contributed by atoms with Crippen molar-refractivity contribution in [3.8, 4) is 0 Å². The molecule has 7 heteroatoms. The van der Waals surface area contributed by atoms with E-state index in [-0.39, 0.29) is 4.90 Å². The molecule has 0 fully saturated rings. The van der Waals surface area contributed by atoms with E-state index in [0.717, 1.165) is 0 Å². The van der Waals surface area contributed by atoms with E-state index in [9.17, 15) is 13.2 Å². The molecule has 0 radical (unpaired) electrons. The molecular formula is C16H18N2O4S. The number of nitrogens with zero attached hydrogens (tertiary/aromatic N) is 1. The number of nitrogens with one attached hydrogen (secondary N) is 1. The van der Waals surface area contributed by atoms with E-state index in [0.29, 0.717) is 17.9 Å². The second-order valence-electron chi connectivity index (χ2n) is 4.70. The van der Waals surface area contributed by atoms with Crippen LogP contribution in [0.5, 0.6) is 0 Å². The number of para-hydroxylation sites is 1. The van der Waals surface area contributed by atoms with Crippen LogP contribution in [0.2, 0.25) is 0 Å². The molecule has 0 saturated heterocycles. The highest BCUT2D eigenvalue weighted by Crippen LogP contribution is 2.21. The van der Waals surface area contributed by atoms with Crippen molar-refractivity contribution in [2.24, 2.45) is 0 Å². The van der Waals surface area contributed by atoms with E-state index in [4.69, 9.17) is 4.84 Å². The molecule has 0 aliphatic heterocycles. The first kappa shape index (κ1) is 17.0. The fourth-order valence-corrected chi connectivity index (χ4v) is 3.11. The smallest absolute Gasteiger partial charge is 0.274 e. The largest absolute Gasteiger partial charge is 0.274 e. The second-order valence-corrected chi connectivity index (χ2v) is 6.67. The number of sulfonamides is 1. The highest BCUT2D eigenvalue weighted by molar-refractivity contribution is 7.92. The molecule has 1 N–H and O–H groups in total. The van der Waals surface area contributed by atoms with Gasteiger partial charge >= 0.3 is 0 Å². The number of benzene rings is 2. The minimum Gasteiger partial charge on any atom is -0.274 e. The Balaban J connectivity index is 2.22. The van der Waals surface area contributed by atoms with Gasteiger partial charge in [0, 0.05) is 12.6 Å². The average Bonchev–Trinajstić information content (AvgIpc) is 2.59. The van der Waals surface area contributed by atoms with Crippen molar-refractivity contribution in [1.29, 1.82) is 0 Å². The third-order valence-corrected chi connectivity index (χ3v) is 5.00. The predicted molar refractivity (Wildman–Crippen MR) is 87.6 cm³/mol. The van der Waals surface area contributed by atoms with Crippen molar-refractivity contribution in [3.63, 3.8) is 0 Å². The summed E-state index contributed by atoms with van der Waals surface area (Å²) in [5.41, 5.74) is 3.14. The van der Waals surface area contributed by atoms with Crippen LogP contribution < -0.4 is 9.79 Å². The maximum atomic E-state index is 12.6. The Morgan fingerprint density at radius 2 is 1.70 bits per heavy atom. The van der Waals surface area contributed by atoms with Crippen molar-refractivity contribution < 1.29 is 18.0 Å². The monoisotopic (exact) mass is 334 g/mol. The lowest BCUT2D eigenvalue weighted by molar-refractivity contribution is 0.0364. The van der Waals surface area contributed by atoms with Gasteiger partial charge in [0.2, 0.25) is 0 Å². The summed E-state index contributed by atoms with van der Waals surface area (Å²) in [6, 6.07) is 14.5. The first-order valence-corrected chi connectivity index (χ1v) is 8.47. The van der Waals surface area contributed by atoms with Crippen LogP contribution in [-0.2, 0) is 14.9 Å². The van der Waals surface area contributed by atoms with E-state index in [1.807, 2.05) is 6.07 Å². The summed E-state index contributed by atoms with van der Waals surface area (Å²) in [5.74, 6) is -0.424. The van der Waals surface area contributed by atoms with Gasteiger partial charge in [0.1, 0.15) is 0 Å². The van der Waals surface area contributed by atoms with Gasteiger partial charge in [-0.25, -0.2) is 13.9 Å². The van der Waals surface area contributed by atoms with Gasteiger partial charge in [0.15, 0.2) is 0 Å². The lowest BCUT2D eigenvalue weighted by atomic mass is 10.2. The van der Waals surface area contributed by atoms with Gasteiger partial charge in [-0.05, 0) is 43.3 Å². The fourth-order valence-electron chi connectivity index (χ4n) is 1.91. The highest BCUT2D eigenvalue weighted by atomic mass is 32.2. The topological polar surface area (TPSA) is 75.7 Å². The third-order valence-electron chi connectivity index (χ3n) is 3.20. The number of hydroxylamine groups is 1. The normalized spacial score (nSPS) is 11.0. The van der Waals surface area contributed by atoms with Crippen molar-refractivity contribution in [2.45, 2.75) is 11.8 Å². The summed E-state index contributed by atoms with van der Waals surface area (Å²) in [6.45, 7) is 2.09. The molecule has 0 heterocycles. The summed E-state index contributed by atoms with van der Waals surface area (Å²) in [7, 11) is -2.19. The summed E-state index contributed by atoms with van der Waals surface area (Å²) < 4.78 is 26.4. The maximum absolute atomic E-state index is 12.6. The summed E-state index contributed by atoms with van der Waals surface area (Å²) in [5, 5.41) is 0. The number of amides is 1. The lowest BCUT2D eigenvalue weighted by Crippen LogP contribution is -2.27. The minimum atomic E-state index is -3.68. The Hall–Kier alpha value is -2.38. The van der Waals surface area contributed by atoms with E-state index in [1.165, 1.54) is 35.6 Å². The first-order valence-electron chi connectivity index (χ1n) is 7.03. The third kappa shape index (κ3) is 3.88. The fraction of sp³-hybridized carbons (Fsp3) is 0.188. The zero-order valence-corrected chi connectivity index (χ0v) is 13.7. The quantitative estimate of drug-likeness (QED) is 0.822. The maximum Gasteiger partial charge on any atom is 0.274 e. The molecular weight excluding hydrogens is 316 g/mol. The van der Waals surface area contributed by atoms with E-state index >= 15 is 0 Å². The molecule has 2 aromatic rings. The van der Waals surface area contributed by atoms with Gasteiger partial charge in [-0.2, -0.15) is 0 Å². The Morgan fingerprint density at radius 1 is 1.09 bits per heavy atom. The number of rotatable bonds is 6. The number of anilines is 1. The number of hydrogen-bond donors (Lipinski definition) is 1. The molecule has 2 rings (SSSR count). The average molecular weight is 334 g/mol. The van der Waals surface area contributed by atoms with Crippen LogP contribution in [0.1, 0.15) is 17.3 Å². The Morgan fingerprint density at radius 3 is 2.26 bits per heavy atom. The van der Waals surface area contributed by atoms with Gasteiger partial charge < -0.3 is 0 Å². The first-order chi connectivity index (χ1) is 11.0. The second kappa shape index (κ2) is 7.26. The molecule has 6 nitrogen and oxygen atoms in total. The number of carbonyl (C=O) groups excluding carboxylic acids is 1. The molecule has 122 valence electrons. The van der Waals surface area contributed by atoms with E-state index in [2.05, 4.69) is 5.48 Å². The summed E-state index contributed by atoms with van der Waals surface area (Å²) in [4.78, 5) is 16.6. The predicted octanol–water partition coefficient (Wildman–Crippen LogP) is 2.19. The molecule has 0 unspecified atom stereocenters. The lowest BCUT2D eigenvalue weighted by Gasteiger charge is -2.19. The molecule has 0 aromatic heterocycles. The molecule has 0 atom stereocenters. The van der Waals surface area contributed by atoms with Crippen LogP contribution in [0.15, 0.2) is 59.5 Å². The number of carbonyl (C=O) groups is 1. The van der Waals surface area contributed by atoms with Crippen LogP contribution in [0, 0.1) is 0 Å². The van der Waals surface area contributed by atoms with Gasteiger partial charge in [-0.3, -0.25) is 13.9 Å². The van der Waals surface area contributed by atoms with Gasteiger partial charge in [0.05, 0.1) is 17.2 Å². The molecule has 1 amide bonds. The SMILES string of the molecule is CCONC(=O)c1ccc(S(=O)(=O)N(C)c2ccccc2)cc1. The Kier molecular flexibility index (Phi) is 5.36. The molecule has 0 bridgehead atoms. The van der Waals surface area contributed by atoms with Crippen molar-refractivity contribution in [3.05, 3.63) is 60.2 Å². The molecule has 0 saturated carbocycles. The summed E-state index contributed by atoms with van der Waals surface area (Å²) in [6.07, 6.45) is 0. The standard InChI is InChI=1S/C16H18N2O4S/c1-3-22-17-16(19)13-9-11-15(12-10-13)23(20,21)18(2)14-7-5-4-6-8-14/h4-12H,3H2,1-2H3,(H,17,19). The minimum absolute atomic E-state index is 0.108. The van der Waals surface area contributed by atoms with Crippen molar-refractivity contribution >= 4 is 21.6 Å². The van der Waals surface area contributed by atoms with Crippen molar-refractivity contribution in [1.82, 2.24) is 5.48 Å². The summed E-state index contributed by atoms with van der Waals surface area (Å²) >= 11 is 0. The zero-order valence-electron chi connectivity index (χ0n) is 12.9. The van der Waals surface area contributed by atoms with Crippen molar-refractivity contribution in [2.75, 3.05) is 18.0 Å². The Bertz CT molecular complexity index is 758. The van der Waals surface area contributed by atoms with E-state index in [1.54, 1.807) is 31.2 Å². The van der Waals surface area contributed by atoms with Crippen LogP contribution in [-0.4, -0.2) is 28.0 Å². The molecule has 0 spiro atoms. The molecule has 0 aliphatic rings.